The molecule has 1 amide bonds. The van der Waals surface area contributed by atoms with E-state index in [0.717, 1.165) is 24.9 Å². The van der Waals surface area contributed by atoms with Gasteiger partial charge in [0.2, 0.25) is 0 Å². The molecule has 3 rings (SSSR count). The first kappa shape index (κ1) is 17.4. The summed E-state index contributed by atoms with van der Waals surface area (Å²) in [7, 11) is 0. The lowest BCUT2D eigenvalue weighted by Gasteiger charge is -2.13. The van der Waals surface area contributed by atoms with Gasteiger partial charge in [0.15, 0.2) is 17.8 Å². The van der Waals surface area contributed by atoms with Gasteiger partial charge in [0.05, 0.1) is 5.56 Å². The number of aromatic nitrogens is 1. The number of ether oxygens (including phenoxy) is 1. The molecule has 1 aliphatic rings. The molecule has 2 aromatic rings. The summed E-state index contributed by atoms with van der Waals surface area (Å²) in [5.41, 5.74) is -1.40. The molecule has 1 fully saturated rings. The predicted molar refractivity (Wildman–Crippen MR) is 77.0 cm³/mol. The van der Waals surface area contributed by atoms with Crippen molar-refractivity contribution < 1.29 is 31.5 Å². The molecule has 1 aliphatic heterocycles. The van der Waals surface area contributed by atoms with Crippen molar-refractivity contribution in [3.63, 3.8) is 0 Å². The number of carbonyl (C=O) groups is 1. The van der Waals surface area contributed by atoms with Crippen LogP contribution in [0.1, 0.15) is 46.3 Å². The molecule has 5 nitrogen and oxygen atoms in total. The molecule has 0 aliphatic carbocycles. The largest absolute Gasteiger partial charge is 0.445 e. The van der Waals surface area contributed by atoms with Crippen LogP contribution in [0.2, 0.25) is 0 Å². The summed E-state index contributed by atoms with van der Waals surface area (Å²) < 4.78 is 62.6. The summed E-state index contributed by atoms with van der Waals surface area (Å²) in [5.74, 6) is -1.43. The number of hydrogen-bond donors (Lipinski definition) is 1. The van der Waals surface area contributed by atoms with Crippen molar-refractivity contribution >= 4 is 5.91 Å². The number of oxazole rings is 1. The second kappa shape index (κ2) is 6.83. The minimum atomic E-state index is -4.72. The number of nitrogens with zero attached hydrogens (tertiary/aromatic N) is 1. The number of benzene rings is 1. The van der Waals surface area contributed by atoms with Gasteiger partial charge in [-0.2, -0.15) is 13.2 Å². The monoisotopic (exact) mass is 358 g/mol. The highest BCUT2D eigenvalue weighted by Gasteiger charge is 2.34. The van der Waals surface area contributed by atoms with Crippen molar-refractivity contribution in [3.05, 3.63) is 53.0 Å². The highest BCUT2D eigenvalue weighted by Crippen LogP contribution is 2.33. The van der Waals surface area contributed by atoms with E-state index in [9.17, 15) is 22.4 Å². The Labute approximate surface area is 140 Å². The topological polar surface area (TPSA) is 64.4 Å². The summed E-state index contributed by atoms with van der Waals surface area (Å²) in [4.78, 5) is 16.1. The minimum Gasteiger partial charge on any atom is -0.445 e. The molecule has 134 valence electrons. The summed E-state index contributed by atoms with van der Waals surface area (Å²) in [6.07, 6.45) is -2.54. The predicted octanol–water partition coefficient (Wildman–Crippen LogP) is 3.61. The molecule has 1 aromatic heterocycles. The molecule has 1 saturated heterocycles. The van der Waals surface area contributed by atoms with E-state index >= 15 is 0 Å². The van der Waals surface area contributed by atoms with E-state index in [1.54, 1.807) is 0 Å². The average Bonchev–Trinajstić information content (AvgIpc) is 3.23. The Hall–Kier alpha value is -2.42. The van der Waals surface area contributed by atoms with E-state index < -0.39 is 30.0 Å². The smallest absolute Gasteiger partial charge is 0.416 e. The fraction of sp³-hybridized carbons (Fsp3) is 0.375. The molecule has 1 atom stereocenters. The number of halogens is 4. The molecule has 25 heavy (non-hydrogen) atoms. The van der Waals surface area contributed by atoms with Crippen LogP contribution >= 0.6 is 0 Å². The SMILES string of the molecule is O=C(NCc1ccc(F)cc1C(F)(F)F)c1ncoc1C1CCCO1. The first-order chi connectivity index (χ1) is 11.9. The Morgan fingerprint density at radius 3 is 2.84 bits per heavy atom. The van der Waals surface area contributed by atoms with Gasteiger partial charge in [-0.25, -0.2) is 9.37 Å². The van der Waals surface area contributed by atoms with Crippen LogP contribution in [0.4, 0.5) is 17.6 Å². The standard InChI is InChI=1S/C16H14F4N2O3/c17-10-4-3-9(11(6-10)16(18,19)20)7-21-15(23)13-14(25-8-22-13)12-2-1-5-24-12/h3-4,6,8,12H,1-2,5,7H2,(H,21,23). The molecule has 0 radical (unpaired) electrons. The Morgan fingerprint density at radius 1 is 1.36 bits per heavy atom. The van der Waals surface area contributed by atoms with E-state index in [1.165, 1.54) is 0 Å². The van der Waals surface area contributed by atoms with Crippen molar-refractivity contribution in [1.29, 1.82) is 0 Å². The number of alkyl halides is 3. The van der Waals surface area contributed by atoms with Crippen molar-refractivity contribution in [2.45, 2.75) is 31.7 Å². The summed E-state index contributed by atoms with van der Waals surface area (Å²) in [6.45, 7) is 0.114. The Bertz CT molecular complexity index is 767. The van der Waals surface area contributed by atoms with Crippen LogP contribution in [0.15, 0.2) is 29.0 Å². The highest BCUT2D eigenvalue weighted by molar-refractivity contribution is 5.93. The van der Waals surface area contributed by atoms with Crippen LogP contribution < -0.4 is 5.32 Å². The fourth-order valence-electron chi connectivity index (χ4n) is 2.66. The third-order valence-electron chi connectivity index (χ3n) is 3.85. The van der Waals surface area contributed by atoms with Gasteiger partial charge in [-0.15, -0.1) is 0 Å². The van der Waals surface area contributed by atoms with Crippen LogP contribution in [-0.4, -0.2) is 17.5 Å². The Balaban J connectivity index is 1.75. The lowest BCUT2D eigenvalue weighted by molar-refractivity contribution is -0.138. The molecule has 0 bridgehead atoms. The van der Waals surface area contributed by atoms with Crippen LogP contribution in [-0.2, 0) is 17.5 Å². The van der Waals surface area contributed by atoms with Gasteiger partial charge in [0, 0.05) is 13.2 Å². The highest BCUT2D eigenvalue weighted by atomic mass is 19.4. The Kier molecular flexibility index (Phi) is 4.76. The van der Waals surface area contributed by atoms with Gasteiger partial charge in [-0.3, -0.25) is 4.79 Å². The quantitative estimate of drug-likeness (QED) is 0.848. The maximum Gasteiger partial charge on any atom is 0.416 e. The minimum absolute atomic E-state index is 0.0254. The Morgan fingerprint density at radius 2 is 2.16 bits per heavy atom. The number of nitrogens with one attached hydrogen (secondary N) is 1. The maximum absolute atomic E-state index is 13.1. The maximum atomic E-state index is 13.1. The van der Waals surface area contributed by atoms with Crippen molar-refractivity contribution in [2.75, 3.05) is 6.61 Å². The fourth-order valence-corrected chi connectivity index (χ4v) is 2.66. The van der Waals surface area contributed by atoms with Gasteiger partial charge >= 0.3 is 6.18 Å². The third-order valence-corrected chi connectivity index (χ3v) is 3.85. The van der Waals surface area contributed by atoms with Crippen LogP contribution in [0.3, 0.4) is 0 Å². The van der Waals surface area contributed by atoms with Crippen LogP contribution in [0.5, 0.6) is 0 Å². The summed E-state index contributed by atoms with van der Waals surface area (Å²) in [5, 5.41) is 2.36. The molecule has 1 aromatic carbocycles. The van der Waals surface area contributed by atoms with E-state index in [-0.39, 0.29) is 23.1 Å². The zero-order valence-electron chi connectivity index (χ0n) is 12.9. The lowest BCUT2D eigenvalue weighted by Crippen LogP contribution is -2.26. The summed E-state index contributed by atoms with van der Waals surface area (Å²) in [6, 6.07) is 2.29. The molecule has 9 heteroatoms. The second-order valence-electron chi connectivity index (χ2n) is 5.55. The zero-order chi connectivity index (χ0) is 18.0. The molecule has 0 spiro atoms. The van der Waals surface area contributed by atoms with E-state index in [1.807, 2.05) is 0 Å². The van der Waals surface area contributed by atoms with Crippen molar-refractivity contribution in [3.8, 4) is 0 Å². The molecule has 2 heterocycles. The van der Waals surface area contributed by atoms with E-state index in [2.05, 4.69) is 10.3 Å². The summed E-state index contributed by atoms with van der Waals surface area (Å²) >= 11 is 0. The van der Waals surface area contributed by atoms with Gasteiger partial charge in [0.25, 0.3) is 5.91 Å². The third kappa shape index (κ3) is 3.81. The van der Waals surface area contributed by atoms with Gasteiger partial charge in [-0.05, 0) is 30.5 Å². The molecule has 1 unspecified atom stereocenters. The number of hydrogen-bond acceptors (Lipinski definition) is 4. The average molecular weight is 358 g/mol. The van der Waals surface area contributed by atoms with Gasteiger partial charge < -0.3 is 14.5 Å². The van der Waals surface area contributed by atoms with Crippen LogP contribution in [0.25, 0.3) is 0 Å². The molecule has 0 saturated carbocycles. The van der Waals surface area contributed by atoms with Crippen molar-refractivity contribution in [2.24, 2.45) is 0 Å². The van der Waals surface area contributed by atoms with Gasteiger partial charge in [0.1, 0.15) is 11.9 Å². The number of rotatable bonds is 4. The zero-order valence-corrected chi connectivity index (χ0v) is 12.9. The lowest BCUT2D eigenvalue weighted by atomic mass is 10.1. The van der Waals surface area contributed by atoms with Gasteiger partial charge in [-0.1, -0.05) is 6.07 Å². The van der Waals surface area contributed by atoms with E-state index in [0.29, 0.717) is 19.1 Å². The first-order valence-corrected chi connectivity index (χ1v) is 7.55. The van der Waals surface area contributed by atoms with Crippen LogP contribution in [0, 0.1) is 5.82 Å². The molecular formula is C16H14F4N2O3. The normalized spacial score (nSPS) is 17.7. The van der Waals surface area contributed by atoms with Crippen molar-refractivity contribution in [1.82, 2.24) is 10.3 Å². The number of carbonyl (C=O) groups excluding carboxylic acids is 1. The molecular weight excluding hydrogens is 344 g/mol. The first-order valence-electron chi connectivity index (χ1n) is 7.55. The molecule has 1 N–H and O–H groups in total. The van der Waals surface area contributed by atoms with E-state index in [4.69, 9.17) is 9.15 Å². The number of amides is 1. The second-order valence-corrected chi connectivity index (χ2v) is 5.55.